The smallest absolute Gasteiger partial charge is 0.221 e. The summed E-state index contributed by atoms with van der Waals surface area (Å²) in [5.74, 6) is 1.07. The van der Waals surface area contributed by atoms with E-state index in [-0.39, 0.29) is 35.9 Å². The highest BCUT2D eigenvalue weighted by Crippen LogP contribution is 2.42. The van der Waals surface area contributed by atoms with E-state index in [0.717, 1.165) is 19.0 Å². The van der Waals surface area contributed by atoms with Gasteiger partial charge in [0.25, 0.3) is 0 Å². The molecule has 2 aliphatic rings. The molecule has 0 unspecified atom stereocenters. The SMILES string of the molecule is CN=C(NCCC(=O)NC(C)C)N1CCCC2(CCCCCC2)C1.I. The number of likely N-dealkylation sites (tertiary alicyclic amines) is 1. The minimum absolute atomic E-state index is 0. The predicted molar refractivity (Wildman–Crippen MR) is 116 cm³/mol. The molecule has 0 aromatic rings. The Morgan fingerprint density at radius 2 is 1.76 bits per heavy atom. The Hall–Kier alpha value is -0.530. The molecule has 1 amide bonds. The second-order valence-corrected chi connectivity index (χ2v) is 7.89. The van der Waals surface area contributed by atoms with Gasteiger partial charge in [0.05, 0.1) is 0 Å². The third kappa shape index (κ3) is 7.31. The highest BCUT2D eigenvalue weighted by molar-refractivity contribution is 14.0. The van der Waals surface area contributed by atoms with Crippen LogP contribution in [0.25, 0.3) is 0 Å². The molecule has 1 heterocycles. The minimum Gasteiger partial charge on any atom is -0.356 e. The molecule has 2 rings (SSSR count). The predicted octanol–water partition coefficient (Wildman–Crippen LogP) is 3.53. The maximum absolute atomic E-state index is 11.8. The molecule has 1 saturated carbocycles. The van der Waals surface area contributed by atoms with Gasteiger partial charge in [-0.2, -0.15) is 0 Å². The number of piperidine rings is 1. The average molecular weight is 464 g/mol. The van der Waals surface area contributed by atoms with Gasteiger partial charge in [0.2, 0.25) is 5.91 Å². The minimum atomic E-state index is 0. The fourth-order valence-electron chi connectivity index (χ4n) is 4.29. The van der Waals surface area contributed by atoms with E-state index in [2.05, 4.69) is 20.5 Å². The monoisotopic (exact) mass is 464 g/mol. The number of nitrogens with zero attached hydrogens (tertiary/aromatic N) is 2. The topological polar surface area (TPSA) is 56.7 Å². The first-order chi connectivity index (χ1) is 11.5. The van der Waals surface area contributed by atoms with Crippen molar-refractivity contribution < 1.29 is 4.79 Å². The van der Waals surface area contributed by atoms with Crippen LogP contribution in [0.1, 0.15) is 71.6 Å². The highest BCUT2D eigenvalue weighted by atomic mass is 127. The lowest BCUT2D eigenvalue weighted by Gasteiger charge is -2.44. The van der Waals surface area contributed by atoms with E-state index in [1.807, 2.05) is 20.9 Å². The summed E-state index contributed by atoms with van der Waals surface area (Å²) < 4.78 is 0. The number of amides is 1. The largest absolute Gasteiger partial charge is 0.356 e. The van der Waals surface area contributed by atoms with E-state index in [9.17, 15) is 4.79 Å². The lowest BCUT2D eigenvalue weighted by molar-refractivity contribution is -0.121. The van der Waals surface area contributed by atoms with Crippen LogP contribution in [0.5, 0.6) is 0 Å². The third-order valence-electron chi connectivity index (χ3n) is 5.42. The number of carbonyl (C=O) groups is 1. The number of carbonyl (C=O) groups excluding carboxylic acids is 1. The van der Waals surface area contributed by atoms with Gasteiger partial charge in [0.15, 0.2) is 5.96 Å². The first-order valence-corrected chi connectivity index (χ1v) is 9.80. The molecule has 1 aliphatic carbocycles. The highest BCUT2D eigenvalue weighted by Gasteiger charge is 2.36. The van der Waals surface area contributed by atoms with Crippen molar-refractivity contribution in [2.75, 3.05) is 26.7 Å². The van der Waals surface area contributed by atoms with Crippen molar-refractivity contribution >= 4 is 35.8 Å². The molecule has 0 bridgehead atoms. The van der Waals surface area contributed by atoms with Crippen LogP contribution in [0.15, 0.2) is 4.99 Å². The first kappa shape index (κ1) is 22.5. The Bertz CT molecular complexity index is 431. The second kappa shape index (κ2) is 11.2. The molecule has 6 heteroatoms. The second-order valence-electron chi connectivity index (χ2n) is 7.89. The number of aliphatic imine (C=N–C) groups is 1. The average Bonchev–Trinajstić information content (AvgIpc) is 2.76. The number of nitrogens with one attached hydrogen (secondary N) is 2. The molecule has 0 aromatic heterocycles. The summed E-state index contributed by atoms with van der Waals surface area (Å²) in [7, 11) is 1.85. The fraction of sp³-hybridized carbons (Fsp3) is 0.895. The van der Waals surface area contributed by atoms with Crippen LogP contribution in [0.3, 0.4) is 0 Å². The van der Waals surface area contributed by atoms with Crippen molar-refractivity contribution in [2.45, 2.75) is 77.7 Å². The summed E-state index contributed by atoms with van der Waals surface area (Å²) >= 11 is 0. The van der Waals surface area contributed by atoms with Gasteiger partial charge < -0.3 is 15.5 Å². The van der Waals surface area contributed by atoms with Crippen LogP contribution in [0, 0.1) is 5.41 Å². The van der Waals surface area contributed by atoms with Crippen LogP contribution >= 0.6 is 24.0 Å². The van der Waals surface area contributed by atoms with Crippen molar-refractivity contribution in [3.8, 4) is 0 Å². The normalized spacial score (nSPS) is 20.8. The molecule has 1 aliphatic heterocycles. The first-order valence-electron chi connectivity index (χ1n) is 9.80. The van der Waals surface area contributed by atoms with E-state index in [1.54, 1.807) is 0 Å². The quantitative estimate of drug-likeness (QED) is 0.380. The molecular weight excluding hydrogens is 427 g/mol. The number of guanidine groups is 1. The summed E-state index contributed by atoms with van der Waals surface area (Å²) in [6.45, 7) is 6.84. The molecule has 146 valence electrons. The van der Waals surface area contributed by atoms with E-state index in [0.29, 0.717) is 18.4 Å². The molecule has 0 atom stereocenters. The van der Waals surface area contributed by atoms with Gasteiger partial charge in [-0.1, -0.05) is 25.7 Å². The van der Waals surface area contributed by atoms with Crippen LogP contribution < -0.4 is 10.6 Å². The zero-order valence-corrected chi connectivity index (χ0v) is 18.6. The molecular formula is C19H37IN4O. The summed E-state index contributed by atoms with van der Waals surface area (Å²) in [6.07, 6.45) is 11.4. The molecule has 2 N–H and O–H groups in total. The summed E-state index contributed by atoms with van der Waals surface area (Å²) in [5, 5.41) is 6.33. The van der Waals surface area contributed by atoms with Gasteiger partial charge in [-0.3, -0.25) is 9.79 Å². The number of halogens is 1. The Balaban J connectivity index is 0.00000312. The molecule has 1 spiro atoms. The van der Waals surface area contributed by atoms with Crippen LogP contribution in [0.4, 0.5) is 0 Å². The van der Waals surface area contributed by atoms with E-state index < -0.39 is 0 Å². The maximum atomic E-state index is 11.8. The zero-order chi connectivity index (χ0) is 17.4. The lowest BCUT2D eigenvalue weighted by Crippen LogP contribution is -2.51. The molecule has 5 nitrogen and oxygen atoms in total. The van der Waals surface area contributed by atoms with Gasteiger partial charge in [-0.05, 0) is 44.9 Å². The summed E-state index contributed by atoms with van der Waals surface area (Å²) in [4.78, 5) is 18.7. The van der Waals surface area contributed by atoms with Gasteiger partial charge in [-0.15, -0.1) is 24.0 Å². The summed E-state index contributed by atoms with van der Waals surface area (Å²) in [6, 6.07) is 0.203. The molecule has 0 aromatic carbocycles. The lowest BCUT2D eigenvalue weighted by atomic mass is 9.74. The van der Waals surface area contributed by atoms with Crippen molar-refractivity contribution in [1.29, 1.82) is 0 Å². The molecule has 0 radical (unpaired) electrons. The number of hydrogen-bond donors (Lipinski definition) is 2. The zero-order valence-electron chi connectivity index (χ0n) is 16.3. The fourth-order valence-corrected chi connectivity index (χ4v) is 4.29. The van der Waals surface area contributed by atoms with Crippen LogP contribution in [-0.2, 0) is 4.79 Å². The van der Waals surface area contributed by atoms with E-state index >= 15 is 0 Å². The van der Waals surface area contributed by atoms with Crippen molar-refractivity contribution in [3.63, 3.8) is 0 Å². The standard InChI is InChI=1S/C19H36N4O.HI/c1-16(2)22-17(24)9-13-21-18(20-3)23-14-8-12-19(15-23)10-6-4-5-7-11-19;/h16H,4-15H2,1-3H3,(H,20,21)(H,22,24);1H. The van der Waals surface area contributed by atoms with Crippen LogP contribution in [-0.4, -0.2) is 49.5 Å². The van der Waals surface area contributed by atoms with Crippen molar-refractivity contribution in [2.24, 2.45) is 10.4 Å². The summed E-state index contributed by atoms with van der Waals surface area (Å²) in [5.41, 5.74) is 0.501. The van der Waals surface area contributed by atoms with E-state index in [4.69, 9.17) is 0 Å². The van der Waals surface area contributed by atoms with Gasteiger partial charge in [-0.25, -0.2) is 0 Å². The van der Waals surface area contributed by atoms with Gasteiger partial charge in [0, 0.05) is 39.1 Å². The van der Waals surface area contributed by atoms with Crippen molar-refractivity contribution in [3.05, 3.63) is 0 Å². The Labute approximate surface area is 170 Å². The van der Waals surface area contributed by atoms with Crippen LogP contribution in [0.2, 0.25) is 0 Å². The molecule has 25 heavy (non-hydrogen) atoms. The Morgan fingerprint density at radius 3 is 2.36 bits per heavy atom. The number of hydrogen-bond acceptors (Lipinski definition) is 2. The molecule has 1 saturated heterocycles. The number of rotatable bonds is 4. The Morgan fingerprint density at radius 1 is 1.12 bits per heavy atom. The van der Waals surface area contributed by atoms with E-state index in [1.165, 1.54) is 51.4 Å². The van der Waals surface area contributed by atoms with Gasteiger partial charge >= 0.3 is 0 Å². The maximum Gasteiger partial charge on any atom is 0.221 e. The third-order valence-corrected chi connectivity index (χ3v) is 5.42. The van der Waals surface area contributed by atoms with Gasteiger partial charge in [0.1, 0.15) is 0 Å². The Kier molecular flexibility index (Phi) is 10.1. The molecule has 2 fully saturated rings. The van der Waals surface area contributed by atoms with Crippen molar-refractivity contribution in [1.82, 2.24) is 15.5 Å².